The third-order valence-electron chi connectivity index (χ3n) is 9.66. The van der Waals surface area contributed by atoms with Gasteiger partial charge in [-0.3, -0.25) is 9.69 Å². The van der Waals surface area contributed by atoms with Crippen LogP contribution in [0.1, 0.15) is 51.0 Å². The van der Waals surface area contributed by atoms with Crippen LogP contribution in [0.2, 0.25) is 0 Å². The summed E-state index contributed by atoms with van der Waals surface area (Å²) in [5.41, 5.74) is 5.91. The third kappa shape index (κ3) is 5.66. The number of carbonyl (C=O) groups is 1. The van der Waals surface area contributed by atoms with Crippen molar-refractivity contribution in [2.24, 2.45) is 0 Å². The van der Waals surface area contributed by atoms with E-state index in [1.54, 1.807) is 13.2 Å². The Hall–Kier alpha value is -4.55. The lowest BCUT2D eigenvalue weighted by Gasteiger charge is -2.62. The number of hydrogen-bond acceptors (Lipinski definition) is 9. The summed E-state index contributed by atoms with van der Waals surface area (Å²) in [5.74, 6) is 1.86. The summed E-state index contributed by atoms with van der Waals surface area (Å²) in [6.07, 6.45) is 5.97. The zero-order chi connectivity index (χ0) is 33.5. The van der Waals surface area contributed by atoms with Gasteiger partial charge in [0.1, 0.15) is 5.75 Å². The summed E-state index contributed by atoms with van der Waals surface area (Å²) in [6.45, 7) is 6.90. The zero-order valence-electron chi connectivity index (χ0n) is 27.3. The van der Waals surface area contributed by atoms with Crippen LogP contribution in [-0.4, -0.2) is 73.2 Å². The fourth-order valence-corrected chi connectivity index (χ4v) is 7.71. The van der Waals surface area contributed by atoms with Gasteiger partial charge in [-0.05, 0) is 61.6 Å². The predicted octanol–water partition coefficient (Wildman–Crippen LogP) is 4.75. The standard InChI is InChI=1S/C37H40N3O8/c1-5-13-45-37(43)48-34-21(3)35-36(47-19-46-35)30-25(34)16-26-31-29-23(14-20(2)33(44-4)32(29)42)15-24(39-31)18-40(26)27(30)17-38-28(41)12-11-22-9-7-6-8-10-22/h5-12,14,24,26-27,31,37,42-43H,1,13,15-19H2,2-4H3,(H,38,41)/q-1/b12-11+/t24-,26?,27-,31-,37?/m0/s1. The first-order valence-electron chi connectivity index (χ1n) is 16.2. The summed E-state index contributed by atoms with van der Waals surface area (Å²) in [5, 5.41) is 30.6. The van der Waals surface area contributed by atoms with E-state index in [2.05, 4.69) is 22.9 Å². The van der Waals surface area contributed by atoms with Crippen molar-refractivity contribution in [3.63, 3.8) is 0 Å². The Morgan fingerprint density at radius 2 is 1.96 bits per heavy atom. The van der Waals surface area contributed by atoms with Gasteiger partial charge >= 0.3 is 6.48 Å². The molecule has 7 rings (SSSR count). The number of hydrogen-bond donors (Lipinski definition) is 3. The number of nitrogens with zero attached hydrogens (tertiary/aromatic N) is 2. The highest BCUT2D eigenvalue weighted by Gasteiger charge is 2.46. The van der Waals surface area contributed by atoms with Crippen molar-refractivity contribution in [3.8, 4) is 28.7 Å². The molecule has 1 saturated heterocycles. The molecule has 11 heteroatoms. The quantitative estimate of drug-likeness (QED) is 0.161. The number of phenols is 1. The van der Waals surface area contributed by atoms with Gasteiger partial charge in [-0.1, -0.05) is 48.5 Å². The van der Waals surface area contributed by atoms with E-state index in [9.17, 15) is 15.0 Å². The molecule has 3 aromatic carbocycles. The highest BCUT2D eigenvalue weighted by Crippen LogP contribution is 2.58. The number of phenolic OH excluding ortho intramolecular Hbond substituents is 1. The predicted molar refractivity (Wildman–Crippen MR) is 178 cm³/mol. The Labute approximate surface area is 279 Å². The molecule has 1 fully saturated rings. The van der Waals surface area contributed by atoms with E-state index in [1.807, 2.05) is 44.2 Å². The van der Waals surface area contributed by atoms with Gasteiger partial charge in [0.05, 0.1) is 19.8 Å². The first kappa shape index (κ1) is 32.0. The molecule has 2 bridgehead atoms. The molecule has 0 aliphatic carbocycles. The minimum absolute atomic E-state index is 0.0239. The van der Waals surface area contributed by atoms with E-state index in [0.29, 0.717) is 47.9 Å². The summed E-state index contributed by atoms with van der Waals surface area (Å²) in [7, 11) is 1.56. The average Bonchev–Trinajstić information content (AvgIpc) is 3.58. The van der Waals surface area contributed by atoms with Crippen molar-refractivity contribution in [2.45, 2.75) is 57.3 Å². The molecule has 252 valence electrons. The number of benzene rings is 3. The zero-order valence-corrected chi connectivity index (χ0v) is 27.3. The van der Waals surface area contributed by atoms with E-state index in [1.165, 1.54) is 12.2 Å². The molecule has 0 saturated carbocycles. The van der Waals surface area contributed by atoms with Crippen molar-refractivity contribution in [1.82, 2.24) is 10.2 Å². The van der Waals surface area contributed by atoms with Crippen molar-refractivity contribution < 1.29 is 38.7 Å². The first-order valence-corrected chi connectivity index (χ1v) is 16.2. The van der Waals surface area contributed by atoms with Gasteiger partial charge in [0.15, 0.2) is 23.0 Å². The van der Waals surface area contributed by atoms with Crippen LogP contribution in [0.5, 0.6) is 28.7 Å². The summed E-state index contributed by atoms with van der Waals surface area (Å²) in [6, 6.07) is 10.7. The molecule has 4 aliphatic heterocycles. The molecule has 11 nitrogen and oxygen atoms in total. The number of methoxy groups -OCH3 is 1. The van der Waals surface area contributed by atoms with Gasteiger partial charge < -0.3 is 44.5 Å². The summed E-state index contributed by atoms with van der Waals surface area (Å²) >= 11 is 0. The van der Waals surface area contributed by atoms with Gasteiger partial charge in [-0.15, -0.1) is 12.6 Å². The molecule has 3 N–H and O–H groups in total. The fourth-order valence-electron chi connectivity index (χ4n) is 7.71. The number of amides is 1. The van der Waals surface area contributed by atoms with Crippen LogP contribution >= 0.6 is 0 Å². The summed E-state index contributed by atoms with van der Waals surface area (Å²) < 4.78 is 29.2. The topological polar surface area (TPSA) is 133 Å². The number of aliphatic hydroxyl groups excluding tert-OH is 1. The maximum atomic E-state index is 13.2. The molecule has 0 aromatic heterocycles. The van der Waals surface area contributed by atoms with E-state index in [4.69, 9.17) is 29.0 Å². The lowest BCUT2D eigenvalue weighted by Crippen LogP contribution is -2.57. The van der Waals surface area contributed by atoms with Crippen LogP contribution in [0.25, 0.3) is 11.4 Å². The molecular formula is C37H40N3O8-. The normalized spacial score (nSPS) is 22.8. The number of rotatable bonds is 10. The van der Waals surface area contributed by atoms with Crippen LogP contribution in [0, 0.1) is 13.8 Å². The van der Waals surface area contributed by atoms with Gasteiger partial charge in [0.2, 0.25) is 12.7 Å². The maximum Gasteiger partial charge on any atom is 0.313 e. The fraction of sp³-hybridized carbons (Fsp3) is 0.378. The van der Waals surface area contributed by atoms with Crippen molar-refractivity contribution in [3.05, 3.63) is 99.4 Å². The number of aliphatic hydroxyl groups is 1. The monoisotopic (exact) mass is 654 g/mol. The Morgan fingerprint density at radius 3 is 2.73 bits per heavy atom. The lowest BCUT2D eigenvalue weighted by atomic mass is 9.75. The SMILES string of the molecule is C=CCOC(O)Oc1c(C)c2c(c3c1CC1[C@@H]4[N-][C@@H](Cc5cc(C)c(OC)c(O)c54)CN1[C@H]3CNC(=O)/C=C/c1ccccc1)OCO2. The number of aromatic hydroxyl groups is 1. The van der Waals surface area contributed by atoms with Gasteiger partial charge in [-0.25, -0.2) is 0 Å². The van der Waals surface area contributed by atoms with E-state index >= 15 is 0 Å². The highest BCUT2D eigenvalue weighted by atomic mass is 16.8. The Kier molecular flexibility index (Phi) is 8.78. The van der Waals surface area contributed by atoms with Crippen LogP contribution in [0.4, 0.5) is 0 Å². The number of ether oxygens (including phenoxy) is 5. The molecule has 0 spiro atoms. The highest BCUT2D eigenvalue weighted by molar-refractivity contribution is 5.91. The second kappa shape index (κ2) is 13.2. The van der Waals surface area contributed by atoms with Gasteiger partial charge in [0, 0.05) is 35.4 Å². The van der Waals surface area contributed by atoms with Crippen LogP contribution in [-0.2, 0) is 22.4 Å². The molecule has 2 unspecified atom stereocenters. The number of piperazine rings is 1. The number of carbonyl (C=O) groups excluding carboxylic acids is 1. The molecule has 3 aromatic rings. The summed E-state index contributed by atoms with van der Waals surface area (Å²) in [4.78, 5) is 15.6. The molecule has 1 amide bonds. The number of aryl methyl sites for hydroxylation is 1. The third-order valence-corrected chi connectivity index (χ3v) is 9.66. The van der Waals surface area contributed by atoms with Crippen molar-refractivity contribution in [2.75, 3.05) is 33.6 Å². The average molecular weight is 655 g/mol. The molecular weight excluding hydrogens is 614 g/mol. The van der Waals surface area contributed by atoms with Crippen LogP contribution in [0.15, 0.2) is 55.1 Å². The van der Waals surface area contributed by atoms with E-state index < -0.39 is 6.48 Å². The second-order valence-corrected chi connectivity index (χ2v) is 12.5. The lowest BCUT2D eigenvalue weighted by molar-refractivity contribution is -0.210. The van der Waals surface area contributed by atoms with Crippen molar-refractivity contribution >= 4 is 12.0 Å². The van der Waals surface area contributed by atoms with Crippen molar-refractivity contribution in [1.29, 1.82) is 0 Å². The number of nitrogens with one attached hydrogen (secondary N) is 1. The minimum atomic E-state index is -1.56. The van der Waals surface area contributed by atoms with E-state index in [-0.39, 0.29) is 55.8 Å². The largest absolute Gasteiger partial charge is 0.650 e. The second-order valence-electron chi connectivity index (χ2n) is 12.5. The Bertz CT molecular complexity index is 1760. The molecule has 4 aliphatic rings. The molecule has 0 radical (unpaired) electrons. The molecule has 48 heavy (non-hydrogen) atoms. The van der Waals surface area contributed by atoms with Gasteiger partial charge in [-0.2, -0.15) is 0 Å². The molecule has 4 heterocycles. The smallest absolute Gasteiger partial charge is 0.313 e. The van der Waals surface area contributed by atoms with Crippen LogP contribution in [0.3, 0.4) is 0 Å². The Morgan fingerprint density at radius 1 is 1.17 bits per heavy atom. The number of fused-ring (bicyclic) bond motifs is 9. The first-order chi connectivity index (χ1) is 23.3. The van der Waals surface area contributed by atoms with E-state index in [0.717, 1.165) is 33.4 Å². The van der Waals surface area contributed by atoms with Gasteiger partial charge in [0.25, 0.3) is 0 Å². The van der Waals surface area contributed by atoms with Crippen LogP contribution < -0.4 is 24.3 Å². The Balaban J connectivity index is 1.32. The minimum Gasteiger partial charge on any atom is -0.650 e. The molecule has 5 atom stereocenters. The maximum absolute atomic E-state index is 13.2.